The molecule has 2 heterocycles. The van der Waals surface area contributed by atoms with Gasteiger partial charge in [-0.25, -0.2) is 0 Å². The van der Waals surface area contributed by atoms with Crippen LogP contribution in [0.5, 0.6) is 5.75 Å². The lowest BCUT2D eigenvalue weighted by Gasteiger charge is -2.53. The van der Waals surface area contributed by atoms with E-state index in [0.29, 0.717) is 44.6 Å². The van der Waals surface area contributed by atoms with E-state index in [-0.39, 0.29) is 46.2 Å². The summed E-state index contributed by atoms with van der Waals surface area (Å²) < 4.78 is 31.7. The zero-order chi connectivity index (χ0) is 31.4. The summed E-state index contributed by atoms with van der Waals surface area (Å²) in [6.07, 6.45) is 2.35. The molecule has 3 aliphatic rings. The standard InChI is InChI=1S/C36H44O9/c37-19-32(20-38,28-8-3-1-4-9-28)23-41-31-13-7-12-30(18-31)34(22-40)26-44-36(45-27-34)16-14-35(15-17-36)42-24-33(21-39,25-43-35)29-10-5-2-6-11-29/h1-13,18,37-40H,14-17,19-27H2. The Labute approximate surface area is 264 Å². The summed E-state index contributed by atoms with van der Waals surface area (Å²) in [6.45, 7) is 0.576. The molecule has 4 N–H and O–H groups in total. The van der Waals surface area contributed by atoms with Gasteiger partial charge in [0.25, 0.3) is 0 Å². The normalized spacial score (nSPS) is 30.4. The van der Waals surface area contributed by atoms with Gasteiger partial charge < -0.3 is 44.1 Å². The second-order valence-corrected chi connectivity index (χ2v) is 13.0. The lowest BCUT2D eigenvalue weighted by Crippen LogP contribution is -2.60. The SMILES string of the molecule is OCC(CO)(COc1cccc(C2(CO)COC3(CCC4(CC3)OCC(CO)(c3ccccc3)CO4)OC2)c1)c1ccccc1. The van der Waals surface area contributed by atoms with E-state index < -0.39 is 27.8 Å². The number of aliphatic hydroxyl groups is 4. The molecule has 6 rings (SSSR count). The largest absolute Gasteiger partial charge is 0.492 e. The summed E-state index contributed by atoms with van der Waals surface area (Å²) in [5.41, 5.74) is 0.292. The zero-order valence-corrected chi connectivity index (χ0v) is 25.6. The number of hydrogen-bond acceptors (Lipinski definition) is 9. The van der Waals surface area contributed by atoms with Crippen molar-refractivity contribution in [3.05, 3.63) is 102 Å². The summed E-state index contributed by atoms with van der Waals surface area (Å²) in [5.74, 6) is -0.961. The van der Waals surface area contributed by atoms with E-state index in [9.17, 15) is 20.4 Å². The van der Waals surface area contributed by atoms with Crippen LogP contribution >= 0.6 is 0 Å². The number of ether oxygens (including phenoxy) is 5. The summed E-state index contributed by atoms with van der Waals surface area (Å²) in [5, 5.41) is 41.2. The molecule has 3 aromatic carbocycles. The molecule has 0 aromatic heterocycles. The van der Waals surface area contributed by atoms with Crippen molar-refractivity contribution >= 4 is 0 Å². The molecule has 9 heteroatoms. The van der Waals surface area contributed by atoms with Crippen LogP contribution in [0, 0.1) is 0 Å². The molecule has 0 radical (unpaired) electrons. The molecule has 45 heavy (non-hydrogen) atoms. The molecular weight excluding hydrogens is 576 g/mol. The Bertz CT molecular complexity index is 1360. The fourth-order valence-electron chi connectivity index (χ4n) is 6.66. The first kappa shape index (κ1) is 32.1. The smallest absolute Gasteiger partial charge is 0.168 e. The van der Waals surface area contributed by atoms with Gasteiger partial charge in [-0.2, -0.15) is 0 Å². The van der Waals surface area contributed by atoms with Crippen molar-refractivity contribution in [1.29, 1.82) is 0 Å². The number of aliphatic hydroxyl groups excluding tert-OH is 4. The molecule has 2 spiro atoms. The number of hydrogen-bond donors (Lipinski definition) is 4. The molecule has 3 fully saturated rings. The van der Waals surface area contributed by atoms with Crippen molar-refractivity contribution in [1.82, 2.24) is 0 Å². The Morgan fingerprint density at radius 1 is 0.578 bits per heavy atom. The Hall–Kier alpha value is -2.86. The highest BCUT2D eigenvalue weighted by atomic mass is 16.7. The van der Waals surface area contributed by atoms with Gasteiger partial charge in [-0.15, -0.1) is 0 Å². The summed E-state index contributed by atoms with van der Waals surface area (Å²) >= 11 is 0. The van der Waals surface area contributed by atoms with Crippen molar-refractivity contribution in [2.45, 2.75) is 53.5 Å². The van der Waals surface area contributed by atoms with E-state index in [2.05, 4.69) is 0 Å². The molecule has 242 valence electrons. The lowest BCUT2D eigenvalue weighted by molar-refractivity contribution is -0.358. The van der Waals surface area contributed by atoms with Crippen LogP contribution in [0.4, 0.5) is 0 Å². The van der Waals surface area contributed by atoms with Gasteiger partial charge in [0.05, 0.1) is 69.1 Å². The van der Waals surface area contributed by atoms with E-state index >= 15 is 0 Å². The highest BCUT2D eigenvalue weighted by molar-refractivity contribution is 5.36. The van der Waals surface area contributed by atoms with Gasteiger partial charge in [0.1, 0.15) is 12.4 Å². The number of benzene rings is 3. The maximum absolute atomic E-state index is 10.6. The van der Waals surface area contributed by atoms with Crippen LogP contribution in [0.15, 0.2) is 84.9 Å². The quantitative estimate of drug-likeness (QED) is 0.270. The summed E-state index contributed by atoms with van der Waals surface area (Å²) in [7, 11) is 0. The van der Waals surface area contributed by atoms with Crippen LogP contribution in [0.3, 0.4) is 0 Å². The van der Waals surface area contributed by atoms with E-state index in [4.69, 9.17) is 23.7 Å². The van der Waals surface area contributed by atoms with Gasteiger partial charge >= 0.3 is 0 Å². The van der Waals surface area contributed by atoms with Crippen molar-refractivity contribution in [3.8, 4) is 5.75 Å². The highest BCUT2D eigenvalue weighted by Crippen LogP contribution is 2.48. The maximum atomic E-state index is 10.6. The molecule has 0 unspecified atom stereocenters. The molecule has 0 amide bonds. The highest BCUT2D eigenvalue weighted by Gasteiger charge is 2.54. The molecule has 0 bridgehead atoms. The molecule has 3 aromatic rings. The lowest BCUT2D eigenvalue weighted by atomic mass is 9.79. The van der Waals surface area contributed by atoms with Crippen LogP contribution in [-0.4, -0.2) is 91.5 Å². The fraction of sp³-hybridized carbons (Fsp3) is 0.500. The van der Waals surface area contributed by atoms with Crippen molar-refractivity contribution < 1.29 is 44.1 Å². The predicted octanol–water partition coefficient (Wildman–Crippen LogP) is 3.21. The molecule has 1 saturated carbocycles. The summed E-state index contributed by atoms with van der Waals surface area (Å²) in [4.78, 5) is 0. The van der Waals surface area contributed by atoms with E-state index in [1.165, 1.54) is 0 Å². The van der Waals surface area contributed by atoms with Gasteiger partial charge in [-0.1, -0.05) is 72.8 Å². The van der Waals surface area contributed by atoms with Crippen molar-refractivity contribution in [2.24, 2.45) is 0 Å². The van der Waals surface area contributed by atoms with Crippen LogP contribution in [0.2, 0.25) is 0 Å². The van der Waals surface area contributed by atoms with Crippen LogP contribution in [0.25, 0.3) is 0 Å². The Morgan fingerprint density at radius 2 is 1.04 bits per heavy atom. The first-order valence-electron chi connectivity index (χ1n) is 15.7. The van der Waals surface area contributed by atoms with Gasteiger partial charge in [0, 0.05) is 25.7 Å². The molecule has 0 atom stereocenters. The van der Waals surface area contributed by atoms with E-state index in [1.54, 1.807) is 0 Å². The van der Waals surface area contributed by atoms with Crippen LogP contribution < -0.4 is 4.74 Å². The zero-order valence-electron chi connectivity index (χ0n) is 25.6. The second kappa shape index (κ2) is 13.1. The van der Waals surface area contributed by atoms with Gasteiger partial charge in [-0.05, 0) is 28.8 Å². The molecule has 2 saturated heterocycles. The average Bonchev–Trinajstić information content (AvgIpc) is 3.12. The minimum atomic E-state index is -0.958. The van der Waals surface area contributed by atoms with Gasteiger partial charge in [-0.3, -0.25) is 0 Å². The average molecular weight is 621 g/mol. The van der Waals surface area contributed by atoms with Crippen LogP contribution in [-0.2, 0) is 35.2 Å². The third-order valence-electron chi connectivity index (χ3n) is 10.2. The van der Waals surface area contributed by atoms with E-state index in [0.717, 1.165) is 16.7 Å². The Morgan fingerprint density at radius 3 is 1.53 bits per heavy atom. The minimum absolute atomic E-state index is 0.0600. The monoisotopic (exact) mass is 620 g/mol. The maximum Gasteiger partial charge on any atom is 0.168 e. The molecule has 2 aliphatic heterocycles. The Balaban J connectivity index is 1.08. The molecule has 1 aliphatic carbocycles. The van der Waals surface area contributed by atoms with Gasteiger partial charge in [0.15, 0.2) is 11.6 Å². The first-order chi connectivity index (χ1) is 21.9. The fourth-order valence-corrected chi connectivity index (χ4v) is 6.66. The minimum Gasteiger partial charge on any atom is -0.492 e. The second-order valence-electron chi connectivity index (χ2n) is 13.0. The topological polar surface area (TPSA) is 127 Å². The Kier molecular flexibility index (Phi) is 9.34. The predicted molar refractivity (Wildman–Crippen MR) is 166 cm³/mol. The third kappa shape index (κ3) is 6.16. The first-order valence-corrected chi connectivity index (χ1v) is 15.7. The summed E-state index contributed by atoms with van der Waals surface area (Å²) in [6, 6.07) is 26.7. The van der Waals surface area contributed by atoms with Crippen molar-refractivity contribution in [3.63, 3.8) is 0 Å². The van der Waals surface area contributed by atoms with Crippen molar-refractivity contribution in [2.75, 3.05) is 59.5 Å². The van der Waals surface area contributed by atoms with E-state index in [1.807, 2.05) is 84.9 Å². The molecule has 9 nitrogen and oxygen atoms in total. The number of rotatable bonds is 10. The van der Waals surface area contributed by atoms with Gasteiger partial charge in [0.2, 0.25) is 0 Å². The third-order valence-corrected chi connectivity index (χ3v) is 10.2. The van der Waals surface area contributed by atoms with Crippen LogP contribution in [0.1, 0.15) is 42.4 Å². The molecular formula is C36H44O9.